The molecule has 4 N–H and O–H groups in total. The minimum atomic E-state index is -0.0929. The normalized spacial score (nSPS) is 10.9. The van der Waals surface area contributed by atoms with Gasteiger partial charge in [0.1, 0.15) is 0 Å². The number of nitrogens with one attached hydrogen (secondary N) is 4. The summed E-state index contributed by atoms with van der Waals surface area (Å²) in [6, 6.07) is 6.80. The van der Waals surface area contributed by atoms with Crippen molar-refractivity contribution in [3.63, 3.8) is 0 Å². The summed E-state index contributed by atoms with van der Waals surface area (Å²) in [5.41, 5.74) is 1.17. The summed E-state index contributed by atoms with van der Waals surface area (Å²) in [6.45, 7) is 3.38. The predicted octanol–water partition coefficient (Wildman–Crippen LogP) is -1.78. The van der Waals surface area contributed by atoms with Crippen molar-refractivity contribution in [2.75, 3.05) is 54.4 Å². The zero-order chi connectivity index (χ0) is 17.9. The Labute approximate surface area is 145 Å². The van der Waals surface area contributed by atoms with E-state index in [-0.39, 0.29) is 11.8 Å². The Bertz CT molecular complexity index is 465. The Morgan fingerprint density at radius 2 is 1.08 bits per heavy atom. The van der Waals surface area contributed by atoms with E-state index < -0.39 is 0 Å². The number of hydrogen-bond acceptors (Lipinski definition) is 2. The number of carbonyl (C=O) groups excluding carboxylic acids is 2. The number of amides is 2. The number of hydrogen-bond donors (Lipinski definition) is 4. The Morgan fingerprint density at radius 1 is 0.750 bits per heavy atom. The van der Waals surface area contributed by atoms with Gasteiger partial charge in [0, 0.05) is 37.1 Å². The average molecular weight is 336 g/mol. The summed E-state index contributed by atoms with van der Waals surface area (Å²) < 4.78 is 0. The summed E-state index contributed by atoms with van der Waals surface area (Å²) in [5, 5.41) is 5.80. The summed E-state index contributed by atoms with van der Waals surface area (Å²) in [5.74, 6) is -0.186. The second-order valence-corrected chi connectivity index (χ2v) is 6.71. The smallest absolute Gasteiger partial charge is 0.251 e. The third-order valence-electron chi connectivity index (χ3n) is 3.69. The van der Waals surface area contributed by atoms with Crippen LogP contribution in [-0.4, -0.2) is 66.2 Å². The van der Waals surface area contributed by atoms with Crippen molar-refractivity contribution in [3.8, 4) is 0 Å². The number of benzene rings is 1. The molecule has 24 heavy (non-hydrogen) atoms. The van der Waals surface area contributed by atoms with Gasteiger partial charge in [-0.05, 0) is 24.3 Å². The number of quaternary nitrogens is 2. The van der Waals surface area contributed by atoms with Crippen LogP contribution in [0.1, 0.15) is 33.6 Å². The highest BCUT2D eigenvalue weighted by Crippen LogP contribution is 2.04. The van der Waals surface area contributed by atoms with Crippen molar-refractivity contribution < 1.29 is 19.4 Å². The molecule has 1 aromatic rings. The standard InChI is InChI=1S/C18H30N4O2/c1-21(2)13-5-11-19-17(23)15-7-9-16(10-8-15)18(24)20-12-6-14-22(3)4/h7-10H,5-6,11-14H2,1-4H3,(H,19,23)(H,20,24)/p+2. The molecule has 0 aliphatic heterocycles. The molecule has 0 heterocycles. The van der Waals surface area contributed by atoms with Gasteiger partial charge in [-0.2, -0.15) is 0 Å². The second-order valence-electron chi connectivity index (χ2n) is 6.71. The molecule has 0 aliphatic rings. The first-order valence-corrected chi connectivity index (χ1v) is 8.64. The first-order valence-electron chi connectivity index (χ1n) is 8.64. The van der Waals surface area contributed by atoms with Gasteiger partial charge in [0.25, 0.3) is 11.8 Å². The molecule has 0 saturated heterocycles. The fraction of sp³-hybridized carbons (Fsp3) is 0.556. The van der Waals surface area contributed by atoms with Crippen LogP contribution < -0.4 is 20.4 Å². The molecule has 0 saturated carbocycles. The van der Waals surface area contributed by atoms with E-state index in [1.165, 1.54) is 9.80 Å². The molecule has 0 fully saturated rings. The van der Waals surface area contributed by atoms with Gasteiger partial charge in [0.2, 0.25) is 0 Å². The van der Waals surface area contributed by atoms with Crippen molar-refractivity contribution in [2.24, 2.45) is 0 Å². The molecule has 0 aliphatic carbocycles. The van der Waals surface area contributed by atoms with Gasteiger partial charge < -0.3 is 20.4 Å². The fourth-order valence-electron chi connectivity index (χ4n) is 2.26. The molecule has 0 radical (unpaired) electrons. The van der Waals surface area contributed by atoms with Gasteiger partial charge in [0.15, 0.2) is 0 Å². The lowest BCUT2D eigenvalue weighted by Gasteiger charge is -2.09. The molecular formula is C18H32N4O2+2. The molecule has 1 rings (SSSR count). The molecule has 0 aromatic heterocycles. The van der Waals surface area contributed by atoms with E-state index in [0.717, 1.165) is 25.9 Å². The number of rotatable bonds is 10. The van der Waals surface area contributed by atoms with Crippen LogP contribution in [0.15, 0.2) is 24.3 Å². The summed E-state index contributed by atoms with van der Waals surface area (Å²) in [7, 11) is 8.36. The van der Waals surface area contributed by atoms with Crippen LogP contribution in [0.25, 0.3) is 0 Å². The van der Waals surface area contributed by atoms with Crippen molar-refractivity contribution in [3.05, 3.63) is 35.4 Å². The van der Waals surface area contributed by atoms with Crippen LogP contribution >= 0.6 is 0 Å². The quantitative estimate of drug-likeness (QED) is 0.382. The second kappa shape index (κ2) is 10.8. The molecule has 0 atom stereocenters. The van der Waals surface area contributed by atoms with Crippen molar-refractivity contribution in [1.29, 1.82) is 0 Å². The molecule has 6 heteroatoms. The monoisotopic (exact) mass is 336 g/mol. The lowest BCUT2D eigenvalue weighted by molar-refractivity contribution is -0.858. The zero-order valence-corrected chi connectivity index (χ0v) is 15.4. The maximum Gasteiger partial charge on any atom is 0.251 e. The summed E-state index contributed by atoms with van der Waals surface area (Å²) in [6.07, 6.45) is 1.90. The van der Waals surface area contributed by atoms with E-state index in [4.69, 9.17) is 0 Å². The Balaban J connectivity index is 2.38. The van der Waals surface area contributed by atoms with E-state index in [9.17, 15) is 9.59 Å². The largest absolute Gasteiger partial charge is 0.352 e. The lowest BCUT2D eigenvalue weighted by Crippen LogP contribution is -3.05. The van der Waals surface area contributed by atoms with Crippen LogP contribution in [0.3, 0.4) is 0 Å². The first-order chi connectivity index (χ1) is 11.4. The highest BCUT2D eigenvalue weighted by molar-refractivity contribution is 5.97. The SMILES string of the molecule is C[NH+](C)CCCNC(=O)c1ccc(C(=O)NCCC[NH+](C)C)cc1. The van der Waals surface area contributed by atoms with Gasteiger partial charge in [-0.3, -0.25) is 9.59 Å². The van der Waals surface area contributed by atoms with Gasteiger partial charge in [-0.1, -0.05) is 0 Å². The van der Waals surface area contributed by atoms with Crippen LogP contribution in [0.4, 0.5) is 0 Å². The van der Waals surface area contributed by atoms with Crippen LogP contribution in [-0.2, 0) is 0 Å². The van der Waals surface area contributed by atoms with Crippen molar-refractivity contribution in [1.82, 2.24) is 10.6 Å². The van der Waals surface area contributed by atoms with Crippen molar-refractivity contribution in [2.45, 2.75) is 12.8 Å². The van der Waals surface area contributed by atoms with Crippen LogP contribution in [0.2, 0.25) is 0 Å². The minimum absolute atomic E-state index is 0.0929. The summed E-state index contributed by atoms with van der Waals surface area (Å²) in [4.78, 5) is 26.8. The van der Waals surface area contributed by atoms with Crippen molar-refractivity contribution >= 4 is 11.8 Å². The zero-order valence-electron chi connectivity index (χ0n) is 15.4. The summed E-state index contributed by atoms with van der Waals surface area (Å²) >= 11 is 0. The molecule has 0 unspecified atom stereocenters. The molecule has 2 amide bonds. The fourth-order valence-corrected chi connectivity index (χ4v) is 2.26. The van der Waals surface area contributed by atoms with Crippen LogP contribution in [0, 0.1) is 0 Å². The van der Waals surface area contributed by atoms with Crippen LogP contribution in [0.5, 0.6) is 0 Å². The molecule has 134 valence electrons. The Hall–Kier alpha value is -1.92. The molecular weight excluding hydrogens is 304 g/mol. The number of carbonyl (C=O) groups is 2. The minimum Gasteiger partial charge on any atom is -0.352 e. The molecule has 1 aromatic carbocycles. The first kappa shape index (κ1) is 20.1. The topological polar surface area (TPSA) is 67.1 Å². The molecule has 6 nitrogen and oxygen atoms in total. The van der Waals surface area contributed by atoms with Gasteiger partial charge in [-0.25, -0.2) is 0 Å². The lowest BCUT2D eigenvalue weighted by atomic mass is 10.1. The van der Waals surface area contributed by atoms with E-state index in [2.05, 4.69) is 38.8 Å². The van der Waals surface area contributed by atoms with Gasteiger partial charge in [0.05, 0.1) is 41.3 Å². The predicted molar refractivity (Wildman–Crippen MR) is 95.7 cm³/mol. The average Bonchev–Trinajstić information content (AvgIpc) is 2.55. The third-order valence-corrected chi connectivity index (χ3v) is 3.69. The third kappa shape index (κ3) is 8.08. The van der Waals surface area contributed by atoms with E-state index in [1.54, 1.807) is 24.3 Å². The maximum atomic E-state index is 12.0. The Morgan fingerprint density at radius 3 is 1.38 bits per heavy atom. The van der Waals surface area contributed by atoms with E-state index >= 15 is 0 Å². The van der Waals surface area contributed by atoms with Gasteiger partial charge in [-0.15, -0.1) is 0 Å². The van der Waals surface area contributed by atoms with Gasteiger partial charge >= 0.3 is 0 Å². The van der Waals surface area contributed by atoms with E-state index in [1.807, 2.05) is 0 Å². The Kier molecular flexibility index (Phi) is 9.04. The molecule has 0 spiro atoms. The highest BCUT2D eigenvalue weighted by Gasteiger charge is 2.08. The maximum absolute atomic E-state index is 12.0. The van der Waals surface area contributed by atoms with E-state index in [0.29, 0.717) is 24.2 Å². The molecule has 0 bridgehead atoms. The highest BCUT2D eigenvalue weighted by atomic mass is 16.2.